The van der Waals surface area contributed by atoms with Gasteiger partial charge in [0.15, 0.2) is 0 Å². The Labute approximate surface area is 277 Å². The molecule has 0 fully saturated rings. The molecule has 1 amide bonds. The number of carbonyl (C=O) groups is 4. The minimum atomic E-state index is -2.01. The molecule has 1 heterocycles. The Hall–Kier alpha value is -5.77. The lowest BCUT2D eigenvalue weighted by atomic mass is 9.81. The molecule has 246 valence electrons. The highest BCUT2D eigenvalue weighted by Crippen LogP contribution is 2.31. The van der Waals surface area contributed by atoms with Gasteiger partial charge < -0.3 is 24.1 Å². The lowest BCUT2D eigenvalue weighted by Crippen LogP contribution is -2.50. The third-order valence-corrected chi connectivity index (χ3v) is 7.92. The summed E-state index contributed by atoms with van der Waals surface area (Å²) in [7, 11) is 0. The van der Waals surface area contributed by atoms with Gasteiger partial charge in [-0.1, -0.05) is 78.9 Å². The van der Waals surface area contributed by atoms with Crippen molar-refractivity contribution in [2.75, 3.05) is 25.1 Å². The summed E-state index contributed by atoms with van der Waals surface area (Å²) in [6.45, 7) is 1.82. The molecule has 5 rings (SSSR count). The number of hydrogen-bond acceptors (Lipinski definition) is 7. The Kier molecular flexibility index (Phi) is 10.6. The van der Waals surface area contributed by atoms with Crippen molar-refractivity contribution < 1.29 is 37.8 Å². The predicted molar refractivity (Wildman–Crippen MR) is 179 cm³/mol. The molecule has 0 unspecified atom stereocenters. The molecule has 1 N–H and O–H groups in total. The van der Waals surface area contributed by atoms with E-state index in [1.165, 1.54) is 0 Å². The molecule has 9 nitrogen and oxygen atoms in total. The SMILES string of the molecule is CCOC(=O)C(COC(=O)Cn1ccc2c(NC(=O)c3ccccc3-c3ccc(CF)cc3)cccc21)(C(=O)OCC)c1ccccc1. The number of fused-ring (bicyclic) bond motifs is 1. The highest BCUT2D eigenvalue weighted by Gasteiger charge is 2.52. The van der Waals surface area contributed by atoms with Crippen molar-refractivity contribution in [1.29, 1.82) is 0 Å². The summed E-state index contributed by atoms with van der Waals surface area (Å²) in [5.41, 5.74) is 1.91. The minimum Gasteiger partial charge on any atom is -0.465 e. The number of anilines is 1. The van der Waals surface area contributed by atoms with Crippen molar-refractivity contribution >= 4 is 40.4 Å². The van der Waals surface area contributed by atoms with Crippen molar-refractivity contribution in [3.8, 4) is 11.1 Å². The molecule has 0 radical (unpaired) electrons. The van der Waals surface area contributed by atoms with E-state index < -0.39 is 36.6 Å². The van der Waals surface area contributed by atoms with Gasteiger partial charge in [-0.25, -0.2) is 4.39 Å². The fourth-order valence-corrected chi connectivity index (χ4v) is 5.49. The average Bonchev–Trinajstić information content (AvgIpc) is 3.52. The lowest BCUT2D eigenvalue weighted by molar-refractivity contribution is -0.170. The maximum absolute atomic E-state index is 13.5. The summed E-state index contributed by atoms with van der Waals surface area (Å²) in [6.07, 6.45) is 1.68. The molecule has 0 aliphatic carbocycles. The van der Waals surface area contributed by atoms with Gasteiger partial charge in [-0.2, -0.15) is 0 Å². The maximum atomic E-state index is 13.5. The minimum absolute atomic E-state index is 0.00807. The van der Waals surface area contributed by atoms with Crippen molar-refractivity contribution in [2.24, 2.45) is 0 Å². The Balaban J connectivity index is 1.36. The van der Waals surface area contributed by atoms with Gasteiger partial charge >= 0.3 is 17.9 Å². The van der Waals surface area contributed by atoms with E-state index in [-0.39, 0.29) is 31.2 Å². The number of rotatable bonds is 13. The average molecular weight is 651 g/mol. The molecule has 0 aliphatic heterocycles. The van der Waals surface area contributed by atoms with Crippen LogP contribution in [0.25, 0.3) is 22.0 Å². The van der Waals surface area contributed by atoms with E-state index in [0.717, 1.165) is 5.56 Å². The van der Waals surface area contributed by atoms with Crippen LogP contribution in [0, 0.1) is 0 Å². The van der Waals surface area contributed by atoms with Crippen LogP contribution in [0.5, 0.6) is 0 Å². The van der Waals surface area contributed by atoms with Gasteiger partial charge in [-0.15, -0.1) is 0 Å². The zero-order valence-corrected chi connectivity index (χ0v) is 26.6. The van der Waals surface area contributed by atoms with Crippen molar-refractivity contribution in [2.45, 2.75) is 32.5 Å². The second-order valence-electron chi connectivity index (χ2n) is 10.9. The summed E-state index contributed by atoms with van der Waals surface area (Å²) < 4.78 is 30.8. The number of amides is 1. The lowest BCUT2D eigenvalue weighted by Gasteiger charge is -2.29. The molecule has 4 aromatic carbocycles. The van der Waals surface area contributed by atoms with Gasteiger partial charge in [0.2, 0.25) is 5.41 Å². The first kappa shape index (κ1) is 33.6. The molecule has 0 spiro atoms. The van der Waals surface area contributed by atoms with Crippen molar-refractivity contribution in [3.05, 3.63) is 126 Å². The van der Waals surface area contributed by atoms with Gasteiger partial charge in [0.25, 0.3) is 5.91 Å². The molecule has 0 aliphatic rings. The second kappa shape index (κ2) is 15.2. The molecule has 0 saturated carbocycles. The largest absolute Gasteiger partial charge is 0.465 e. The summed E-state index contributed by atoms with van der Waals surface area (Å²) in [5.74, 6) is -2.81. The summed E-state index contributed by atoms with van der Waals surface area (Å²) >= 11 is 0. The van der Waals surface area contributed by atoms with E-state index in [1.54, 1.807) is 116 Å². The van der Waals surface area contributed by atoms with Crippen LogP contribution in [0.4, 0.5) is 10.1 Å². The number of alkyl halides is 1. The topological polar surface area (TPSA) is 113 Å². The van der Waals surface area contributed by atoms with Gasteiger partial charge in [0, 0.05) is 17.1 Å². The van der Waals surface area contributed by atoms with Crippen LogP contribution in [0.2, 0.25) is 0 Å². The zero-order valence-electron chi connectivity index (χ0n) is 26.6. The van der Waals surface area contributed by atoms with Crippen LogP contribution in [-0.4, -0.2) is 48.2 Å². The monoisotopic (exact) mass is 650 g/mol. The molecule has 10 heteroatoms. The van der Waals surface area contributed by atoms with E-state index in [9.17, 15) is 23.6 Å². The number of benzene rings is 4. The zero-order chi connectivity index (χ0) is 34.1. The molecule has 0 bridgehead atoms. The highest BCUT2D eigenvalue weighted by molar-refractivity contribution is 6.12. The molecule has 0 atom stereocenters. The third kappa shape index (κ3) is 6.97. The van der Waals surface area contributed by atoms with E-state index >= 15 is 0 Å². The predicted octanol–water partition coefficient (Wildman–Crippen LogP) is 6.64. The van der Waals surface area contributed by atoms with E-state index in [2.05, 4.69) is 5.32 Å². The Bertz CT molecular complexity index is 1900. The van der Waals surface area contributed by atoms with Crippen LogP contribution < -0.4 is 5.32 Å². The van der Waals surface area contributed by atoms with Crippen LogP contribution >= 0.6 is 0 Å². The number of hydrogen-bond donors (Lipinski definition) is 1. The Morgan fingerprint density at radius 2 is 1.42 bits per heavy atom. The molecular formula is C38H35FN2O7. The molecule has 5 aromatic rings. The first-order valence-electron chi connectivity index (χ1n) is 15.5. The van der Waals surface area contributed by atoms with Gasteiger partial charge in [0.05, 0.1) is 24.4 Å². The van der Waals surface area contributed by atoms with Gasteiger partial charge in [-0.05, 0) is 60.4 Å². The molecule has 0 saturated heterocycles. The second-order valence-corrected chi connectivity index (χ2v) is 10.9. The van der Waals surface area contributed by atoms with Crippen LogP contribution in [0.15, 0.2) is 109 Å². The molecular weight excluding hydrogens is 615 g/mol. The van der Waals surface area contributed by atoms with Gasteiger partial charge in [0.1, 0.15) is 19.8 Å². The number of nitrogens with one attached hydrogen (secondary N) is 1. The third-order valence-electron chi connectivity index (χ3n) is 7.92. The first-order valence-corrected chi connectivity index (χ1v) is 15.5. The van der Waals surface area contributed by atoms with Crippen LogP contribution in [-0.2, 0) is 47.2 Å². The summed E-state index contributed by atoms with van der Waals surface area (Å²) in [5, 5.41) is 3.66. The molecule has 48 heavy (non-hydrogen) atoms. The number of halogens is 1. The number of ether oxygens (including phenoxy) is 3. The quantitative estimate of drug-likeness (QED) is 0.0864. The standard InChI is InChI=1S/C38H35FN2O7/c1-3-46-36(44)38(37(45)47-4-2,28-11-6-5-7-12-28)25-48-34(42)24-41-22-21-31-32(15-10-16-33(31)41)40-35(43)30-14-9-8-13-29(30)27-19-17-26(23-39)18-20-27/h5-22H,3-4,23-25H2,1-2H3,(H,40,43). The van der Waals surface area contributed by atoms with Crippen LogP contribution in [0.3, 0.4) is 0 Å². The normalized spacial score (nSPS) is 11.1. The van der Waals surface area contributed by atoms with E-state index in [1.807, 2.05) is 12.1 Å². The maximum Gasteiger partial charge on any atom is 0.331 e. The Morgan fingerprint density at radius 3 is 2.08 bits per heavy atom. The first-order chi connectivity index (χ1) is 23.3. The molecule has 1 aromatic heterocycles. The van der Waals surface area contributed by atoms with E-state index in [0.29, 0.717) is 33.3 Å². The summed E-state index contributed by atoms with van der Waals surface area (Å²) in [6, 6.07) is 29.4. The highest BCUT2D eigenvalue weighted by atomic mass is 19.1. The van der Waals surface area contributed by atoms with Crippen molar-refractivity contribution in [1.82, 2.24) is 4.57 Å². The summed E-state index contributed by atoms with van der Waals surface area (Å²) in [4.78, 5) is 53.3. The van der Waals surface area contributed by atoms with Gasteiger partial charge in [-0.3, -0.25) is 19.2 Å². The number of aromatic nitrogens is 1. The number of esters is 3. The van der Waals surface area contributed by atoms with Crippen molar-refractivity contribution in [3.63, 3.8) is 0 Å². The van der Waals surface area contributed by atoms with E-state index in [4.69, 9.17) is 14.2 Å². The fraction of sp³-hybridized carbons (Fsp3) is 0.211. The fourth-order valence-electron chi connectivity index (χ4n) is 5.49. The smallest absolute Gasteiger partial charge is 0.331 e. The van der Waals surface area contributed by atoms with Crippen LogP contribution in [0.1, 0.15) is 35.3 Å². The Morgan fingerprint density at radius 1 is 0.750 bits per heavy atom. The number of nitrogens with zero attached hydrogens (tertiary/aromatic N) is 1. The number of carbonyl (C=O) groups excluding carboxylic acids is 4.